The van der Waals surface area contributed by atoms with Gasteiger partial charge in [0.1, 0.15) is 0 Å². The first-order valence-electron chi connectivity index (χ1n) is 4.93. The van der Waals surface area contributed by atoms with Crippen molar-refractivity contribution in [1.29, 1.82) is 0 Å². The number of nitrogens with one attached hydrogen (secondary N) is 1. The van der Waals surface area contributed by atoms with Gasteiger partial charge in [0.25, 0.3) is 5.91 Å². The number of rotatable bonds is 2. The van der Waals surface area contributed by atoms with Gasteiger partial charge in [-0.2, -0.15) is 0 Å². The second kappa shape index (κ2) is 5.13. The molecule has 0 unspecified atom stereocenters. The van der Waals surface area contributed by atoms with E-state index in [4.69, 9.17) is 5.73 Å². The van der Waals surface area contributed by atoms with E-state index in [1.807, 2.05) is 24.3 Å². The summed E-state index contributed by atoms with van der Waals surface area (Å²) in [6.45, 7) is 0. The monoisotopic (exact) mass is 339 g/mol. The molecule has 2 aromatic rings. The second-order valence-electron chi connectivity index (χ2n) is 3.43. The predicted octanol–water partition coefficient (Wildman–Crippen LogP) is 2.52. The Morgan fingerprint density at radius 3 is 2.88 bits per heavy atom. The van der Waals surface area contributed by atoms with Gasteiger partial charge in [0.15, 0.2) is 0 Å². The third-order valence-electron chi connectivity index (χ3n) is 2.18. The highest BCUT2D eigenvalue weighted by molar-refractivity contribution is 14.1. The predicted molar refractivity (Wildman–Crippen MR) is 75.8 cm³/mol. The number of hydrogen-bond acceptors (Lipinski definition) is 3. The minimum absolute atomic E-state index is 0.230. The number of carbonyl (C=O) groups excluding carboxylic acids is 1. The number of nitrogen functional groups attached to an aromatic ring is 1. The summed E-state index contributed by atoms with van der Waals surface area (Å²) in [6, 6.07) is 9.15. The molecule has 0 aliphatic carbocycles. The summed E-state index contributed by atoms with van der Waals surface area (Å²) in [7, 11) is 0. The van der Waals surface area contributed by atoms with Gasteiger partial charge in [0.2, 0.25) is 0 Å². The third-order valence-corrected chi connectivity index (χ3v) is 2.85. The maximum Gasteiger partial charge on any atom is 0.257 e. The second-order valence-corrected chi connectivity index (χ2v) is 4.67. The molecule has 0 atom stereocenters. The molecule has 1 aromatic heterocycles. The summed E-state index contributed by atoms with van der Waals surface area (Å²) in [5.41, 5.74) is 7.23. The van der Waals surface area contributed by atoms with Crippen LogP contribution < -0.4 is 11.1 Å². The third kappa shape index (κ3) is 2.94. The summed E-state index contributed by atoms with van der Waals surface area (Å²) in [5.74, 6) is -0.230. The lowest BCUT2D eigenvalue weighted by molar-refractivity contribution is 0.102. The number of halogens is 1. The number of benzene rings is 1. The smallest absolute Gasteiger partial charge is 0.257 e. The lowest BCUT2D eigenvalue weighted by Crippen LogP contribution is -2.14. The first kappa shape index (κ1) is 11.8. The van der Waals surface area contributed by atoms with Crippen LogP contribution in [0.15, 0.2) is 42.7 Å². The molecule has 86 valence electrons. The van der Waals surface area contributed by atoms with Gasteiger partial charge in [-0.3, -0.25) is 9.78 Å². The highest BCUT2D eigenvalue weighted by Crippen LogP contribution is 2.15. The molecule has 0 bridgehead atoms. The number of anilines is 2. The molecule has 0 aliphatic heterocycles. The Balaban J connectivity index is 2.20. The van der Waals surface area contributed by atoms with Crippen molar-refractivity contribution in [3.63, 3.8) is 0 Å². The Bertz CT molecular complexity index is 557. The zero-order valence-corrected chi connectivity index (χ0v) is 11.0. The number of nitrogens with two attached hydrogens (primary N) is 1. The molecule has 5 heteroatoms. The van der Waals surface area contributed by atoms with Crippen LogP contribution >= 0.6 is 22.6 Å². The molecule has 0 fully saturated rings. The fourth-order valence-corrected chi connectivity index (χ4v) is 1.92. The molecule has 1 heterocycles. The first-order chi connectivity index (χ1) is 8.16. The summed E-state index contributed by atoms with van der Waals surface area (Å²) in [6.07, 6.45) is 3.00. The molecular weight excluding hydrogens is 329 g/mol. The topological polar surface area (TPSA) is 68.0 Å². The van der Waals surface area contributed by atoms with Crippen LogP contribution in [0.25, 0.3) is 0 Å². The normalized spacial score (nSPS) is 9.94. The Kier molecular flexibility index (Phi) is 3.58. The molecule has 0 saturated heterocycles. The fourth-order valence-electron chi connectivity index (χ4n) is 1.38. The minimum Gasteiger partial charge on any atom is -0.397 e. The van der Waals surface area contributed by atoms with E-state index in [1.165, 1.54) is 6.20 Å². The van der Waals surface area contributed by atoms with E-state index in [1.54, 1.807) is 12.3 Å². The van der Waals surface area contributed by atoms with E-state index in [-0.39, 0.29) is 5.91 Å². The SMILES string of the molecule is Nc1cnccc1C(=O)Nc1cccc(I)c1. The van der Waals surface area contributed by atoms with Crippen LogP contribution in [0.5, 0.6) is 0 Å². The van der Waals surface area contributed by atoms with Gasteiger partial charge in [-0.05, 0) is 46.9 Å². The van der Waals surface area contributed by atoms with E-state index in [0.29, 0.717) is 11.3 Å². The quantitative estimate of drug-likeness (QED) is 0.827. The first-order valence-corrected chi connectivity index (χ1v) is 6.01. The molecule has 0 aliphatic rings. The fraction of sp³-hybridized carbons (Fsp3) is 0. The number of nitrogens with zero attached hydrogens (tertiary/aromatic N) is 1. The molecule has 0 saturated carbocycles. The maximum atomic E-state index is 11.9. The molecule has 0 radical (unpaired) electrons. The lowest BCUT2D eigenvalue weighted by atomic mass is 10.2. The zero-order chi connectivity index (χ0) is 12.3. The number of carbonyl (C=O) groups is 1. The molecular formula is C12H10IN3O. The van der Waals surface area contributed by atoms with Crippen LogP contribution in [-0.4, -0.2) is 10.9 Å². The molecule has 17 heavy (non-hydrogen) atoms. The lowest BCUT2D eigenvalue weighted by Gasteiger charge is -2.07. The zero-order valence-electron chi connectivity index (χ0n) is 8.85. The summed E-state index contributed by atoms with van der Waals surface area (Å²) in [4.78, 5) is 15.8. The largest absolute Gasteiger partial charge is 0.397 e. The van der Waals surface area contributed by atoms with Crippen molar-refractivity contribution in [2.75, 3.05) is 11.1 Å². The van der Waals surface area contributed by atoms with Crippen LogP contribution in [-0.2, 0) is 0 Å². The molecule has 4 nitrogen and oxygen atoms in total. The van der Waals surface area contributed by atoms with Gasteiger partial charge < -0.3 is 11.1 Å². The highest BCUT2D eigenvalue weighted by atomic mass is 127. The number of pyridine rings is 1. The van der Waals surface area contributed by atoms with E-state index >= 15 is 0 Å². The van der Waals surface area contributed by atoms with Gasteiger partial charge in [-0.25, -0.2) is 0 Å². The Morgan fingerprint density at radius 2 is 2.18 bits per heavy atom. The number of hydrogen-bond donors (Lipinski definition) is 2. The van der Waals surface area contributed by atoms with Gasteiger partial charge >= 0.3 is 0 Å². The Labute approximate surface area is 112 Å². The average molecular weight is 339 g/mol. The van der Waals surface area contributed by atoms with Crippen LogP contribution in [0, 0.1) is 3.57 Å². The Hall–Kier alpha value is -1.63. The van der Waals surface area contributed by atoms with Crippen LogP contribution in [0.2, 0.25) is 0 Å². The average Bonchev–Trinajstić information content (AvgIpc) is 2.29. The molecule has 0 spiro atoms. The van der Waals surface area contributed by atoms with Crippen molar-refractivity contribution >= 4 is 39.9 Å². The molecule has 3 N–H and O–H groups in total. The van der Waals surface area contributed by atoms with Crippen molar-refractivity contribution < 1.29 is 4.79 Å². The van der Waals surface area contributed by atoms with Crippen LogP contribution in [0.3, 0.4) is 0 Å². The van der Waals surface area contributed by atoms with E-state index in [0.717, 1.165) is 9.26 Å². The van der Waals surface area contributed by atoms with Crippen LogP contribution in [0.1, 0.15) is 10.4 Å². The van der Waals surface area contributed by atoms with Crippen LogP contribution in [0.4, 0.5) is 11.4 Å². The van der Waals surface area contributed by atoms with E-state index < -0.39 is 0 Å². The summed E-state index contributed by atoms with van der Waals surface area (Å²) < 4.78 is 1.06. The molecule has 1 amide bonds. The van der Waals surface area contributed by atoms with Gasteiger partial charge in [-0.1, -0.05) is 6.07 Å². The molecule has 2 rings (SSSR count). The van der Waals surface area contributed by atoms with Crippen molar-refractivity contribution in [3.05, 3.63) is 51.9 Å². The molecule has 1 aromatic carbocycles. The van der Waals surface area contributed by atoms with Crippen molar-refractivity contribution in [2.45, 2.75) is 0 Å². The van der Waals surface area contributed by atoms with Gasteiger partial charge in [0, 0.05) is 15.5 Å². The van der Waals surface area contributed by atoms with Crippen molar-refractivity contribution in [1.82, 2.24) is 4.98 Å². The number of amides is 1. The minimum atomic E-state index is -0.230. The van der Waals surface area contributed by atoms with Crippen molar-refractivity contribution in [3.8, 4) is 0 Å². The van der Waals surface area contributed by atoms with Gasteiger partial charge in [-0.15, -0.1) is 0 Å². The summed E-state index contributed by atoms with van der Waals surface area (Å²) >= 11 is 2.19. The van der Waals surface area contributed by atoms with E-state index in [9.17, 15) is 4.79 Å². The standard InChI is InChI=1S/C12H10IN3O/c13-8-2-1-3-9(6-8)16-12(17)10-4-5-15-7-11(10)14/h1-7H,14H2,(H,16,17). The maximum absolute atomic E-state index is 11.9. The van der Waals surface area contributed by atoms with E-state index in [2.05, 4.69) is 32.9 Å². The van der Waals surface area contributed by atoms with Gasteiger partial charge in [0.05, 0.1) is 17.4 Å². The summed E-state index contributed by atoms with van der Waals surface area (Å²) in [5, 5.41) is 2.79. The number of aromatic nitrogens is 1. The Morgan fingerprint density at radius 1 is 1.35 bits per heavy atom. The highest BCUT2D eigenvalue weighted by Gasteiger charge is 2.09. The van der Waals surface area contributed by atoms with Crippen molar-refractivity contribution in [2.24, 2.45) is 0 Å².